The van der Waals surface area contributed by atoms with E-state index in [-0.39, 0.29) is 18.5 Å². The molecule has 8 nitrogen and oxygen atoms in total. The molecule has 1 aliphatic heterocycles. The van der Waals surface area contributed by atoms with Crippen molar-refractivity contribution in [2.24, 2.45) is 4.99 Å². The Balaban J connectivity index is 2.46. The van der Waals surface area contributed by atoms with E-state index in [0.717, 1.165) is 45.1 Å². The quantitative estimate of drug-likeness (QED) is 0.297. The van der Waals surface area contributed by atoms with Crippen molar-refractivity contribution in [2.75, 3.05) is 64.8 Å². The minimum absolute atomic E-state index is 0.0408. The molecule has 0 bridgehead atoms. The van der Waals surface area contributed by atoms with Crippen LogP contribution >= 0.6 is 0 Å². The van der Waals surface area contributed by atoms with E-state index >= 15 is 0 Å². The van der Waals surface area contributed by atoms with Crippen LogP contribution in [0.3, 0.4) is 0 Å². The van der Waals surface area contributed by atoms with E-state index in [0.29, 0.717) is 26.2 Å². The monoisotopic (exact) mass is 406 g/mol. The number of nitrogens with zero attached hydrogens (tertiary/aromatic N) is 3. The van der Waals surface area contributed by atoms with Crippen molar-refractivity contribution in [3.8, 4) is 0 Å². The molecule has 0 radical (unpaired) electrons. The van der Waals surface area contributed by atoms with Gasteiger partial charge in [0.25, 0.3) is 0 Å². The van der Waals surface area contributed by atoms with Gasteiger partial charge in [-0.2, -0.15) is 4.31 Å². The Labute approximate surface area is 165 Å². The minimum Gasteiger partial charge on any atom is -0.382 e. The highest BCUT2D eigenvalue weighted by molar-refractivity contribution is 7.89. The van der Waals surface area contributed by atoms with Gasteiger partial charge in [0.2, 0.25) is 10.0 Å². The predicted molar refractivity (Wildman–Crippen MR) is 110 cm³/mol. The van der Waals surface area contributed by atoms with Gasteiger partial charge in [-0.1, -0.05) is 0 Å². The maximum absolute atomic E-state index is 12.4. The van der Waals surface area contributed by atoms with Gasteiger partial charge >= 0.3 is 0 Å². The van der Waals surface area contributed by atoms with Gasteiger partial charge in [-0.15, -0.1) is 0 Å². The van der Waals surface area contributed by atoms with Gasteiger partial charge in [0.1, 0.15) is 0 Å². The number of hydrogen-bond donors (Lipinski definition) is 1. The molecule has 9 heteroatoms. The summed E-state index contributed by atoms with van der Waals surface area (Å²) < 4.78 is 37.2. The van der Waals surface area contributed by atoms with E-state index in [1.807, 2.05) is 27.7 Å². The second kappa shape index (κ2) is 13.3. The zero-order valence-corrected chi connectivity index (χ0v) is 18.3. The van der Waals surface area contributed by atoms with Gasteiger partial charge in [0.05, 0.1) is 18.5 Å². The highest BCUT2D eigenvalue weighted by atomic mass is 32.2. The molecular weight excluding hydrogens is 368 g/mol. The Hall–Kier alpha value is -0.900. The van der Waals surface area contributed by atoms with Crippen molar-refractivity contribution in [2.45, 2.75) is 46.6 Å². The third-order valence-electron chi connectivity index (χ3n) is 4.22. The summed E-state index contributed by atoms with van der Waals surface area (Å²) >= 11 is 0. The third-order valence-corrected chi connectivity index (χ3v) is 6.06. The number of guanidine groups is 1. The van der Waals surface area contributed by atoms with Crippen molar-refractivity contribution in [3.63, 3.8) is 0 Å². The molecule has 0 unspecified atom stereocenters. The summed E-state index contributed by atoms with van der Waals surface area (Å²) in [7, 11) is -3.26. The first-order valence-electron chi connectivity index (χ1n) is 10.1. The van der Waals surface area contributed by atoms with Crippen LogP contribution in [0.15, 0.2) is 4.99 Å². The molecule has 0 aliphatic carbocycles. The van der Waals surface area contributed by atoms with Crippen LogP contribution in [-0.4, -0.2) is 94.5 Å². The largest absolute Gasteiger partial charge is 0.382 e. The number of piperazine rings is 1. The lowest BCUT2D eigenvalue weighted by atomic mass is 10.3. The average molecular weight is 407 g/mol. The van der Waals surface area contributed by atoms with Gasteiger partial charge in [0, 0.05) is 52.5 Å². The van der Waals surface area contributed by atoms with Crippen LogP contribution in [0.25, 0.3) is 0 Å². The van der Waals surface area contributed by atoms with E-state index in [4.69, 9.17) is 9.47 Å². The zero-order chi connectivity index (χ0) is 20.1. The molecule has 1 rings (SSSR count). The summed E-state index contributed by atoms with van der Waals surface area (Å²) in [5, 5.41) is 3.31. The summed E-state index contributed by atoms with van der Waals surface area (Å²) in [6, 6.07) is 0. The normalized spacial score (nSPS) is 16.9. The van der Waals surface area contributed by atoms with Crippen LogP contribution in [0.5, 0.6) is 0 Å². The molecule has 0 aromatic rings. The molecule has 0 aromatic carbocycles. The van der Waals surface area contributed by atoms with E-state index in [1.165, 1.54) is 0 Å². The molecule has 0 saturated carbocycles. The maximum atomic E-state index is 12.4. The summed E-state index contributed by atoms with van der Waals surface area (Å²) in [5.74, 6) is 0.910. The molecule has 160 valence electrons. The van der Waals surface area contributed by atoms with Crippen molar-refractivity contribution in [3.05, 3.63) is 0 Å². The number of sulfonamides is 1. The Kier molecular flexibility index (Phi) is 11.9. The number of unbranched alkanes of at least 4 members (excludes halogenated alkanes) is 1. The van der Waals surface area contributed by atoms with Gasteiger partial charge < -0.3 is 19.7 Å². The van der Waals surface area contributed by atoms with Crippen LogP contribution in [0.4, 0.5) is 0 Å². The van der Waals surface area contributed by atoms with E-state index in [9.17, 15) is 8.42 Å². The average Bonchev–Trinajstić information content (AvgIpc) is 2.63. The van der Waals surface area contributed by atoms with Gasteiger partial charge in [-0.3, -0.25) is 4.99 Å². The van der Waals surface area contributed by atoms with Crippen molar-refractivity contribution in [1.29, 1.82) is 0 Å². The van der Waals surface area contributed by atoms with Crippen molar-refractivity contribution in [1.82, 2.24) is 14.5 Å². The first kappa shape index (κ1) is 24.1. The molecule has 0 aromatic heterocycles. The van der Waals surface area contributed by atoms with Crippen LogP contribution < -0.4 is 5.32 Å². The molecule has 1 aliphatic rings. The van der Waals surface area contributed by atoms with Crippen LogP contribution in [0, 0.1) is 0 Å². The van der Waals surface area contributed by atoms with E-state index in [1.54, 1.807) is 4.31 Å². The molecule has 0 atom stereocenters. The van der Waals surface area contributed by atoms with E-state index in [2.05, 4.69) is 15.2 Å². The standard InChI is InChI=1S/C18H38N4O4S/c1-5-19-18(20-9-7-8-14-25-6-2)21-10-12-22(13-11-21)27(23,24)16-15-26-17(3)4/h17H,5-16H2,1-4H3,(H,19,20). The molecule has 1 saturated heterocycles. The molecule has 1 fully saturated rings. The Bertz CT molecular complexity index is 517. The zero-order valence-electron chi connectivity index (χ0n) is 17.4. The lowest BCUT2D eigenvalue weighted by molar-refractivity contribution is 0.0904. The summed E-state index contributed by atoms with van der Waals surface area (Å²) in [6.45, 7) is 13.4. The van der Waals surface area contributed by atoms with Crippen molar-refractivity contribution < 1.29 is 17.9 Å². The van der Waals surface area contributed by atoms with Crippen LogP contribution in [0.1, 0.15) is 40.5 Å². The first-order chi connectivity index (χ1) is 12.9. The number of hydrogen-bond acceptors (Lipinski definition) is 5. The van der Waals surface area contributed by atoms with Gasteiger partial charge in [-0.05, 0) is 40.5 Å². The van der Waals surface area contributed by atoms with Crippen molar-refractivity contribution >= 4 is 16.0 Å². The number of ether oxygens (including phenoxy) is 2. The fraction of sp³-hybridized carbons (Fsp3) is 0.944. The van der Waals surface area contributed by atoms with Gasteiger partial charge in [0.15, 0.2) is 5.96 Å². The lowest BCUT2D eigenvalue weighted by Gasteiger charge is -2.36. The highest BCUT2D eigenvalue weighted by Crippen LogP contribution is 2.09. The first-order valence-corrected chi connectivity index (χ1v) is 11.7. The molecule has 0 spiro atoms. The number of rotatable bonds is 12. The minimum atomic E-state index is -3.26. The predicted octanol–water partition coefficient (Wildman–Crippen LogP) is 1.14. The fourth-order valence-electron chi connectivity index (χ4n) is 2.77. The van der Waals surface area contributed by atoms with Crippen LogP contribution in [0.2, 0.25) is 0 Å². The Morgan fingerprint density at radius 1 is 1.11 bits per heavy atom. The molecule has 1 heterocycles. The second-order valence-corrected chi connectivity index (χ2v) is 8.85. The molecule has 0 amide bonds. The Morgan fingerprint density at radius 3 is 2.41 bits per heavy atom. The summed E-state index contributed by atoms with van der Waals surface area (Å²) in [6.07, 6.45) is 2.03. The smallest absolute Gasteiger partial charge is 0.216 e. The fourth-order valence-corrected chi connectivity index (χ4v) is 4.05. The van der Waals surface area contributed by atoms with Crippen LogP contribution in [-0.2, 0) is 19.5 Å². The SMILES string of the molecule is CCNC(=NCCCCOCC)N1CCN(S(=O)(=O)CCOC(C)C)CC1. The highest BCUT2D eigenvalue weighted by Gasteiger charge is 2.27. The number of aliphatic imine (C=N–C) groups is 1. The third kappa shape index (κ3) is 9.73. The summed E-state index contributed by atoms with van der Waals surface area (Å²) in [5.41, 5.74) is 0. The lowest BCUT2D eigenvalue weighted by Crippen LogP contribution is -2.54. The van der Waals surface area contributed by atoms with Gasteiger partial charge in [-0.25, -0.2) is 8.42 Å². The molecule has 1 N–H and O–H groups in total. The number of nitrogens with one attached hydrogen (secondary N) is 1. The second-order valence-electron chi connectivity index (χ2n) is 6.76. The van der Waals surface area contributed by atoms with E-state index < -0.39 is 10.0 Å². The topological polar surface area (TPSA) is 83.5 Å². The molecular formula is C18H38N4O4S. The maximum Gasteiger partial charge on any atom is 0.216 e. The molecule has 27 heavy (non-hydrogen) atoms. The summed E-state index contributed by atoms with van der Waals surface area (Å²) in [4.78, 5) is 6.82. The Morgan fingerprint density at radius 2 is 1.81 bits per heavy atom.